The van der Waals surface area contributed by atoms with Gasteiger partial charge in [0, 0.05) is 26.6 Å². The van der Waals surface area contributed by atoms with Crippen LogP contribution >= 0.6 is 12.2 Å². The van der Waals surface area contributed by atoms with E-state index >= 15 is 0 Å². The molecule has 2 N–H and O–H groups in total. The normalized spacial score (nSPS) is 18.2. The Labute approximate surface area is 103 Å². The Balaban J connectivity index is 2.25. The van der Waals surface area contributed by atoms with Crippen molar-refractivity contribution in [2.24, 2.45) is 5.73 Å². The molecular weight excluding hydrogens is 222 g/mol. The second-order valence-corrected chi connectivity index (χ2v) is 4.80. The fourth-order valence-corrected chi connectivity index (χ4v) is 2.13. The molecule has 1 amide bonds. The highest BCUT2D eigenvalue weighted by Crippen LogP contribution is 2.04. The quantitative estimate of drug-likeness (QED) is 0.735. The fourth-order valence-electron chi connectivity index (χ4n) is 1.99. The van der Waals surface area contributed by atoms with Gasteiger partial charge in [-0.25, -0.2) is 0 Å². The predicted octanol–water partition coefficient (Wildman–Crippen LogP) is 0.607. The summed E-state index contributed by atoms with van der Waals surface area (Å²) in [7, 11) is 0. The van der Waals surface area contributed by atoms with Crippen LogP contribution in [0.25, 0.3) is 0 Å². The van der Waals surface area contributed by atoms with Crippen LogP contribution in [0.1, 0.15) is 26.2 Å². The first-order valence-electron chi connectivity index (χ1n) is 5.86. The number of rotatable bonds is 4. The van der Waals surface area contributed by atoms with Gasteiger partial charge < -0.3 is 15.5 Å². The molecule has 0 unspecified atom stereocenters. The Bertz CT molecular complexity index is 258. The van der Waals surface area contributed by atoms with E-state index in [0.717, 1.165) is 52.0 Å². The van der Waals surface area contributed by atoms with Gasteiger partial charge in [-0.2, -0.15) is 0 Å². The molecule has 5 heteroatoms. The van der Waals surface area contributed by atoms with Crippen LogP contribution in [0.5, 0.6) is 0 Å². The van der Waals surface area contributed by atoms with Crippen molar-refractivity contribution in [3.63, 3.8) is 0 Å². The van der Waals surface area contributed by atoms with Crippen LogP contribution in [0.15, 0.2) is 0 Å². The Morgan fingerprint density at radius 2 is 2.06 bits per heavy atom. The molecule has 92 valence electrons. The molecule has 0 saturated carbocycles. The third-order valence-corrected chi connectivity index (χ3v) is 3.14. The van der Waals surface area contributed by atoms with E-state index in [1.807, 2.05) is 4.90 Å². The van der Waals surface area contributed by atoms with Crippen LogP contribution in [0, 0.1) is 0 Å². The predicted molar refractivity (Wildman–Crippen MR) is 69.3 cm³/mol. The van der Waals surface area contributed by atoms with Gasteiger partial charge >= 0.3 is 0 Å². The van der Waals surface area contributed by atoms with Gasteiger partial charge in [-0.15, -0.1) is 0 Å². The van der Waals surface area contributed by atoms with Crippen LogP contribution in [-0.4, -0.2) is 53.4 Å². The lowest BCUT2D eigenvalue weighted by molar-refractivity contribution is -0.128. The van der Waals surface area contributed by atoms with E-state index in [0.29, 0.717) is 4.99 Å². The summed E-state index contributed by atoms with van der Waals surface area (Å²) >= 11 is 4.85. The van der Waals surface area contributed by atoms with E-state index in [9.17, 15) is 4.79 Å². The van der Waals surface area contributed by atoms with Gasteiger partial charge in [-0.05, 0) is 32.4 Å². The third kappa shape index (κ3) is 4.90. The van der Waals surface area contributed by atoms with Gasteiger partial charge in [0.05, 0.1) is 4.99 Å². The summed E-state index contributed by atoms with van der Waals surface area (Å²) in [4.78, 5) is 16.1. The molecule has 0 radical (unpaired) electrons. The maximum atomic E-state index is 11.2. The zero-order valence-electron chi connectivity index (χ0n) is 9.95. The SMILES string of the molecule is CC(=O)N1CCCN(CCCC(N)=S)CC1. The molecule has 1 aliphatic heterocycles. The van der Waals surface area contributed by atoms with Crippen LogP contribution in [0.3, 0.4) is 0 Å². The van der Waals surface area contributed by atoms with Crippen molar-refractivity contribution >= 4 is 23.1 Å². The monoisotopic (exact) mass is 243 g/mol. The van der Waals surface area contributed by atoms with Crippen molar-refractivity contribution in [3.05, 3.63) is 0 Å². The molecule has 0 aliphatic carbocycles. The van der Waals surface area contributed by atoms with Crippen molar-refractivity contribution in [2.75, 3.05) is 32.7 Å². The largest absolute Gasteiger partial charge is 0.393 e. The maximum Gasteiger partial charge on any atom is 0.219 e. The average molecular weight is 243 g/mol. The second kappa shape index (κ2) is 6.81. The summed E-state index contributed by atoms with van der Waals surface area (Å²) < 4.78 is 0. The molecule has 1 aliphatic rings. The zero-order valence-corrected chi connectivity index (χ0v) is 10.8. The Morgan fingerprint density at radius 1 is 1.31 bits per heavy atom. The number of carbonyl (C=O) groups excluding carboxylic acids is 1. The highest BCUT2D eigenvalue weighted by atomic mass is 32.1. The van der Waals surface area contributed by atoms with Gasteiger partial charge in [-0.3, -0.25) is 4.79 Å². The van der Waals surface area contributed by atoms with E-state index in [1.54, 1.807) is 6.92 Å². The van der Waals surface area contributed by atoms with Crippen molar-refractivity contribution in [1.29, 1.82) is 0 Å². The molecule has 0 spiro atoms. The first-order valence-corrected chi connectivity index (χ1v) is 6.26. The van der Waals surface area contributed by atoms with Crippen molar-refractivity contribution in [1.82, 2.24) is 9.80 Å². The van der Waals surface area contributed by atoms with E-state index in [4.69, 9.17) is 18.0 Å². The van der Waals surface area contributed by atoms with Crippen LogP contribution in [-0.2, 0) is 4.79 Å². The molecule has 1 heterocycles. The molecule has 0 aromatic rings. The smallest absolute Gasteiger partial charge is 0.219 e. The standard InChI is InChI=1S/C11H21N3OS/c1-10(15)14-7-3-6-13(8-9-14)5-2-4-11(12)16/h2-9H2,1H3,(H2,12,16). The topological polar surface area (TPSA) is 49.6 Å². The molecule has 0 bridgehead atoms. The molecule has 0 aromatic carbocycles. The van der Waals surface area contributed by atoms with Crippen LogP contribution < -0.4 is 5.73 Å². The minimum atomic E-state index is 0.185. The van der Waals surface area contributed by atoms with E-state index < -0.39 is 0 Å². The maximum absolute atomic E-state index is 11.2. The third-order valence-electron chi connectivity index (χ3n) is 2.93. The Kier molecular flexibility index (Phi) is 5.69. The van der Waals surface area contributed by atoms with Gasteiger partial charge in [0.2, 0.25) is 5.91 Å². The number of nitrogens with zero attached hydrogens (tertiary/aromatic N) is 2. The number of thiocarbonyl (C=S) groups is 1. The molecule has 16 heavy (non-hydrogen) atoms. The van der Waals surface area contributed by atoms with Crippen molar-refractivity contribution in [2.45, 2.75) is 26.2 Å². The number of amides is 1. The summed E-state index contributed by atoms with van der Waals surface area (Å²) in [6, 6.07) is 0. The minimum absolute atomic E-state index is 0.185. The molecule has 1 fully saturated rings. The number of hydrogen-bond acceptors (Lipinski definition) is 3. The lowest BCUT2D eigenvalue weighted by Crippen LogP contribution is -2.34. The summed E-state index contributed by atoms with van der Waals surface area (Å²) in [6.45, 7) is 6.45. The fraction of sp³-hybridized carbons (Fsp3) is 0.818. The lowest BCUT2D eigenvalue weighted by Gasteiger charge is -2.20. The van der Waals surface area contributed by atoms with E-state index in [1.165, 1.54) is 0 Å². The van der Waals surface area contributed by atoms with Gasteiger partial charge in [0.1, 0.15) is 0 Å². The number of carbonyl (C=O) groups is 1. The molecule has 1 rings (SSSR count). The molecule has 0 aromatic heterocycles. The summed E-state index contributed by atoms with van der Waals surface area (Å²) in [5, 5.41) is 0. The summed E-state index contributed by atoms with van der Waals surface area (Å²) in [5.74, 6) is 0.185. The van der Waals surface area contributed by atoms with E-state index in [-0.39, 0.29) is 5.91 Å². The number of hydrogen-bond donors (Lipinski definition) is 1. The molecule has 1 saturated heterocycles. The summed E-state index contributed by atoms with van der Waals surface area (Å²) in [6.07, 6.45) is 2.91. The highest BCUT2D eigenvalue weighted by Gasteiger charge is 2.15. The minimum Gasteiger partial charge on any atom is -0.393 e. The Morgan fingerprint density at radius 3 is 2.69 bits per heavy atom. The van der Waals surface area contributed by atoms with E-state index in [2.05, 4.69) is 4.90 Å². The Hall–Kier alpha value is -0.680. The molecular formula is C11H21N3OS. The number of nitrogens with two attached hydrogens (primary N) is 1. The summed E-state index contributed by atoms with van der Waals surface area (Å²) in [5.41, 5.74) is 5.46. The van der Waals surface area contributed by atoms with Crippen LogP contribution in [0.2, 0.25) is 0 Å². The second-order valence-electron chi connectivity index (χ2n) is 4.27. The highest BCUT2D eigenvalue weighted by molar-refractivity contribution is 7.80. The lowest BCUT2D eigenvalue weighted by atomic mass is 10.3. The van der Waals surface area contributed by atoms with Gasteiger partial charge in [0.15, 0.2) is 0 Å². The van der Waals surface area contributed by atoms with Crippen molar-refractivity contribution in [3.8, 4) is 0 Å². The zero-order chi connectivity index (χ0) is 12.0. The average Bonchev–Trinajstić information content (AvgIpc) is 2.42. The van der Waals surface area contributed by atoms with Crippen molar-refractivity contribution < 1.29 is 4.79 Å². The first-order chi connectivity index (χ1) is 7.59. The van der Waals surface area contributed by atoms with Gasteiger partial charge in [0.25, 0.3) is 0 Å². The van der Waals surface area contributed by atoms with Gasteiger partial charge in [-0.1, -0.05) is 12.2 Å². The van der Waals surface area contributed by atoms with Crippen LogP contribution in [0.4, 0.5) is 0 Å². The first kappa shape index (κ1) is 13.4. The molecule has 0 atom stereocenters. The molecule has 4 nitrogen and oxygen atoms in total.